The van der Waals surface area contributed by atoms with Crippen molar-refractivity contribution in [1.29, 1.82) is 0 Å². The van der Waals surface area contributed by atoms with E-state index in [2.05, 4.69) is 25.5 Å². The lowest BCUT2D eigenvalue weighted by atomic mass is 10.1. The summed E-state index contributed by atoms with van der Waals surface area (Å²) in [5, 5.41) is 11.5. The number of amides is 1. The van der Waals surface area contributed by atoms with Gasteiger partial charge in [-0.2, -0.15) is 5.10 Å². The molecule has 0 saturated heterocycles. The van der Waals surface area contributed by atoms with E-state index in [4.69, 9.17) is 0 Å². The summed E-state index contributed by atoms with van der Waals surface area (Å²) in [6.45, 7) is 3.66. The second kappa shape index (κ2) is 5.32. The number of carbonyl (C=O) groups is 1. The molecule has 0 atom stereocenters. The van der Waals surface area contributed by atoms with Crippen LogP contribution < -0.4 is 5.32 Å². The van der Waals surface area contributed by atoms with Crippen LogP contribution in [0.15, 0.2) is 30.5 Å². The Morgan fingerprint density at radius 3 is 2.81 bits per heavy atom. The average Bonchev–Trinajstić information content (AvgIpc) is 2.86. The Morgan fingerprint density at radius 2 is 2.00 bits per heavy atom. The number of nitrogens with one attached hydrogen (secondary N) is 2. The maximum atomic E-state index is 12.1. The molecule has 6 nitrogen and oxygen atoms in total. The number of carbonyl (C=O) groups excluding carboxylic acids is 1. The summed E-state index contributed by atoms with van der Waals surface area (Å²) >= 11 is 0. The first-order valence-electron chi connectivity index (χ1n) is 6.66. The molecule has 1 amide bonds. The minimum absolute atomic E-state index is 0.162. The number of aryl methyl sites for hydroxylation is 2. The maximum Gasteiger partial charge on any atom is 0.249 e. The van der Waals surface area contributed by atoms with Gasteiger partial charge in [-0.05, 0) is 25.5 Å². The third-order valence-corrected chi connectivity index (χ3v) is 3.37. The van der Waals surface area contributed by atoms with Crippen molar-refractivity contribution in [1.82, 2.24) is 20.2 Å². The fourth-order valence-electron chi connectivity index (χ4n) is 2.13. The van der Waals surface area contributed by atoms with Gasteiger partial charge in [-0.3, -0.25) is 10.1 Å². The van der Waals surface area contributed by atoms with Gasteiger partial charge in [-0.1, -0.05) is 18.2 Å². The zero-order valence-corrected chi connectivity index (χ0v) is 11.8. The Hall–Kier alpha value is -2.76. The van der Waals surface area contributed by atoms with Gasteiger partial charge in [-0.25, -0.2) is 4.98 Å². The van der Waals surface area contributed by atoms with Crippen molar-refractivity contribution in [3.05, 3.63) is 47.4 Å². The Kier molecular flexibility index (Phi) is 3.35. The first-order chi connectivity index (χ1) is 10.1. The number of benzene rings is 1. The molecule has 0 saturated carbocycles. The zero-order valence-electron chi connectivity index (χ0n) is 11.8. The summed E-state index contributed by atoms with van der Waals surface area (Å²) < 4.78 is 0. The number of nitrogens with zero attached hydrogens (tertiary/aromatic N) is 3. The minimum atomic E-state index is -0.162. The number of rotatable bonds is 3. The molecule has 0 aliphatic carbocycles. The van der Waals surface area contributed by atoms with Crippen LogP contribution in [0.25, 0.3) is 10.9 Å². The van der Waals surface area contributed by atoms with Crippen molar-refractivity contribution in [3.63, 3.8) is 0 Å². The maximum absolute atomic E-state index is 12.1. The van der Waals surface area contributed by atoms with E-state index in [-0.39, 0.29) is 18.3 Å². The van der Waals surface area contributed by atoms with Crippen LogP contribution in [0.2, 0.25) is 0 Å². The van der Waals surface area contributed by atoms with Crippen LogP contribution in [0, 0.1) is 13.8 Å². The normalized spacial score (nSPS) is 10.8. The number of para-hydroxylation sites is 1. The summed E-state index contributed by atoms with van der Waals surface area (Å²) in [7, 11) is 0. The van der Waals surface area contributed by atoms with Crippen LogP contribution in [0.4, 0.5) is 5.95 Å². The van der Waals surface area contributed by atoms with Gasteiger partial charge in [0.15, 0.2) is 0 Å². The van der Waals surface area contributed by atoms with Gasteiger partial charge in [0.25, 0.3) is 0 Å². The number of aromatic nitrogens is 4. The average molecular weight is 281 g/mol. The predicted octanol–water partition coefficient (Wildman–Crippen LogP) is 2.15. The smallest absolute Gasteiger partial charge is 0.249 e. The van der Waals surface area contributed by atoms with Gasteiger partial charge in [-0.15, -0.1) is 5.10 Å². The first-order valence-corrected chi connectivity index (χ1v) is 6.66. The van der Waals surface area contributed by atoms with Crippen molar-refractivity contribution in [2.75, 3.05) is 5.32 Å². The Bertz CT molecular complexity index is 809. The molecule has 0 radical (unpaired) electrons. The molecule has 3 aromatic rings. The van der Waals surface area contributed by atoms with E-state index >= 15 is 0 Å². The molecule has 2 N–H and O–H groups in total. The van der Waals surface area contributed by atoms with Crippen LogP contribution in [0.3, 0.4) is 0 Å². The van der Waals surface area contributed by atoms with Crippen molar-refractivity contribution in [2.45, 2.75) is 20.3 Å². The van der Waals surface area contributed by atoms with Crippen molar-refractivity contribution >= 4 is 22.8 Å². The molecule has 1 aromatic carbocycles. The van der Waals surface area contributed by atoms with E-state index in [1.807, 2.05) is 44.3 Å². The second-order valence-corrected chi connectivity index (χ2v) is 4.89. The molecule has 0 unspecified atom stereocenters. The lowest BCUT2D eigenvalue weighted by molar-refractivity contribution is -0.115. The lowest BCUT2D eigenvalue weighted by Crippen LogP contribution is -2.17. The molecule has 0 aliphatic rings. The quantitative estimate of drug-likeness (QED) is 0.770. The summed E-state index contributed by atoms with van der Waals surface area (Å²) in [6, 6.07) is 7.88. The third kappa shape index (κ3) is 2.74. The summed E-state index contributed by atoms with van der Waals surface area (Å²) in [4.78, 5) is 19.4. The van der Waals surface area contributed by atoms with Gasteiger partial charge in [0.2, 0.25) is 11.9 Å². The highest BCUT2D eigenvalue weighted by atomic mass is 16.1. The molecule has 0 fully saturated rings. The molecule has 0 aliphatic heterocycles. The molecule has 0 bridgehead atoms. The second-order valence-electron chi connectivity index (χ2n) is 4.89. The highest BCUT2D eigenvalue weighted by molar-refractivity contribution is 5.94. The zero-order chi connectivity index (χ0) is 14.8. The van der Waals surface area contributed by atoms with E-state index < -0.39 is 0 Å². The van der Waals surface area contributed by atoms with Crippen LogP contribution in [-0.4, -0.2) is 26.1 Å². The molecule has 2 aromatic heterocycles. The lowest BCUT2D eigenvalue weighted by Gasteiger charge is -2.04. The highest BCUT2D eigenvalue weighted by Gasteiger charge is 2.10. The Labute approximate surface area is 121 Å². The molecule has 3 rings (SSSR count). The predicted molar refractivity (Wildman–Crippen MR) is 79.9 cm³/mol. The first kappa shape index (κ1) is 13.2. The standard InChI is InChI=1S/C15H15N5O/c1-9-10(2)19-20-15(17-9)18-14(21)7-11-8-16-13-6-4-3-5-12(11)13/h3-6,8,16H,7H2,1-2H3,(H,17,18,20,21). The van der Waals surface area contributed by atoms with Crippen LogP contribution in [-0.2, 0) is 11.2 Å². The number of fused-ring (bicyclic) bond motifs is 1. The summed E-state index contributed by atoms with van der Waals surface area (Å²) in [6.07, 6.45) is 2.12. The van der Waals surface area contributed by atoms with E-state index in [1.165, 1.54) is 0 Å². The van der Waals surface area contributed by atoms with Crippen LogP contribution in [0.1, 0.15) is 17.0 Å². The number of hydrogen-bond acceptors (Lipinski definition) is 4. The van der Waals surface area contributed by atoms with Gasteiger partial charge < -0.3 is 4.98 Å². The molecule has 0 spiro atoms. The molecule has 2 heterocycles. The van der Waals surface area contributed by atoms with E-state index in [0.29, 0.717) is 0 Å². The van der Waals surface area contributed by atoms with Crippen LogP contribution in [0.5, 0.6) is 0 Å². The number of anilines is 1. The Morgan fingerprint density at radius 1 is 1.19 bits per heavy atom. The Balaban J connectivity index is 1.75. The molecular weight excluding hydrogens is 266 g/mol. The van der Waals surface area contributed by atoms with Gasteiger partial charge in [0.1, 0.15) is 0 Å². The fourth-order valence-corrected chi connectivity index (χ4v) is 2.13. The van der Waals surface area contributed by atoms with Crippen LogP contribution >= 0.6 is 0 Å². The molecule has 106 valence electrons. The molecule has 6 heteroatoms. The van der Waals surface area contributed by atoms with Gasteiger partial charge >= 0.3 is 0 Å². The highest BCUT2D eigenvalue weighted by Crippen LogP contribution is 2.18. The number of hydrogen-bond donors (Lipinski definition) is 2. The molecule has 21 heavy (non-hydrogen) atoms. The van der Waals surface area contributed by atoms with Gasteiger partial charge in [0, 0.05) is 17.1 Å². The SMILES string of the molecule is Cc1nnc(NC(=O)Cc2c[nH]c3ccccc23)nc1C. The van der Waals surface area contributed by atoms with Crippen molar-refractivity contribution < 1.29 is 4.79 Å². The largest absolute Gasteiger partial charge is 0.361 e. The topological polar surface area (TPSA) is 83.6 Å². The van der Waals surface area contributed by atoms with Crippen molar-refractivity contribution in [3.8, 4) is 0 Å². The third-order valence-electron chi connectivity index (χ3n) is 3.37. The summed E-state index contributed by atoms with van der Waals surface area (Å²) in [5.41, 5.74) is 3.47. The number of H-pyrrole nitrogens is 1. The minimum Gasteiger partial charge on any atom is -0.361 e. The fraction of sp³-hybridized carbons (Fsp3) is 0.200. The van der Waals surface area contributed by atoms with E-state index in [9.17, 15) is 4.79 Å². The van der Waals surface area contributed by atoms with E-state index in [0.717, 1.165) is 27.9 Å². The monoisotopic (exact) mass is 281 g/mol. The van der Waals surface area contributed by atoms with Crippen molar-refractivity contribution in [2.24, 2.45) is 0 Å². The molecular formula is C15H15N5O. The number of aromatic amines is 1. The van der Waals surface area contributed by atoms with Gasteiger partial charge in [0.05, 0.1) is 17.8 Å². The summed E-state index contributed by atoms with van der Waals surface area (Å²) in [5.74, 6) is 0.0766. The van der Waals surface area contributed by atoms with E-state index in [1.54, 1.807) is 0 Å².